The SMILES string of the molecule is CC1(C)C/C(=C/c2ccc(Br)o2)C(=O)O1. The van der Waals surface area contributed by atoms with Crippen LogP contribution in [0.3, 0.4) is 0 Å². The van der Waals surface area contributed by atoms with Crippen LogP contribution in [0.4, 0.5) is 0 Å². The fourth-order valence-corrected chi connectivity index (χ4v) is 1.89. The fraction of sp³-hybridized carbons (Fsp3) is 0.364. The van der Waals surface area contributed by atoms with Gasteiger partial charge in [-0.25, -0.2) is 4.79 Å². The van der Waals surface area contributed by atoms with Gasteiger partial charge in [0.15, 0.2) is 4.67 Å². The molecule has 1 aromatic rings. The zero-order valence-electron chi connectivity index (χ0n) is 8.54. The molecule has 0 saturated carbocycles. The Morgan fingerprint density at radius 2 is 2.20 bits per heavy atom. The van der Waals surface area contributed by atoms with Crippen molar-refractivity contribution in [3.63, 3.8) is 0 Å². The number of ether oxygens (including phenoxy) is 1. The van der Waals surface area contributed by atoms with Gasteiger partial charge in [-0.05, 0) is 48.0 Å². The van der Waals surface area contributed by atoms with Gasteiger partial charge in [0.25, 0.3) is 0 Å². The summed E-state index contributed by atoms with van der Waals surface area (Å²) in [6, 6.07) is 3.59. The van der Waals surface area contributed by atoms with E-state index in [1.54, 1.807) is 18.2 Å². The molecule has 0 aliphatic carbocycles. The van der Waals surface area contributed by atoms with E-state index in [0.717, 1.165) is 0 Å². The summed E-state index contributed by atoms with van der Waals surface area (Å²) in [4.78, 5) is 11.5. The largest absolute Gasteiger partial charge is 0.456 e. The molecule has 0 unspecified atom stereocenters. The first kappa shape index (κ1) is 10.5. The van der Waals surface area contributed by atoms with Crippen molar-refractivity contribution in [2.24, 2.45) is 0 Å². The highest BCUT2D eigenvalue weighted by molar-refractivity contribution is 9.10. The van der Waals surface area contributed by atoms with E-state index in [2.05, 4.69) is 15.9 Å². The lowest BCUT2D eigenvalue weighted by molar-refractivity contribution is -0.143. The summed E-state index contributed by atoms with van der Waals surface area (Å²) >= 11 is 3.21. The maximum absolute atomic E-state index is 11.5. The van der Waals surface area contributed by atoms with Crippen LogP contribution in [-0.4, -0.2) is 11.6 Å². The first-order valence-corrected chi connectivity index (χ1v) is 5.45. The molecule has 1 saturated heterocycles. The molecule has 80 valence electrons. The summed E-state index contributed by atoms with van der Waals surface area (Å²) in [6.45, 7) is 3.79. The highest BCUT2D eigenvalue weighted by Gasteiger charge is 2.35. The van der Waals surface area contributed by atoms with Crippen LogP contribution in [0.5, 0.6) is 0 Å². The lowest BCUT2D eigenvalue weighted by atomic mass is 10.0. The predicted octanol–water partition coefficient (Wildman–Crippen LogP) is 3.15. The number of carbonyl (C=O) groups is 1. The van der Waals surface area contributed by atoms with Crippen LogP contribution >= 0.6 is 15.9 Å². The lowest BCUT2D eigenvalue weighted by Gasteiger charge is -2.13. The number of carbonyl (C=O) groups excluding carboxylic acids is 1. The highest BCUT2D eigenvalue weighted by Crippen LogP contribution is 2.31. The van der Waals surface area contributed by atoms with E-state index in [1.165, 1.54) is 0 Å². The van der Waals surface area contributed by atoms with E-state index >= 15 is 0 Å². The molecule has 4 heteroatoms. The maximum atomic E-state index is 11.5. The second-order valence-corrected chi connectivity index (χ2v) is 4.92. The van der Waals surface area contributed by atoms with Crippen molar-refractivity contribution >= 4 is 28.0 Å². The third kappa shape index (κ3) is 2.31. The molecule has 2 heterocycles. The van der Waals surface area contributed by atoms with Gasteiger partial charge in [0.05, 0.1) is 0 Å². The fourth-order valence-electron chi connectivity index (χ4n) is 1.57. The average molecular weight is 271 g/mol. The Hall–Kier alpha value is -1.03. The number of hydrogen-bond donors (Lipinski definition) is 0. The molecule has 1 aliphatic heterocycles. The molecular weight excluding hydrogens is 260 g/mol. The summed E-state index contributed by atoms with van der Waals surface area (Å²) in [5, 5.41) is 0. The molecule has 1 aliphatic rings. The molecule has 0 N–H and O–H groups in total. The quantitative estimate of drug-likeness (QED) is 0.581. The normalized spacial score (nSPS) is 22.1. The van der Waals surface area contributed by atoms with E-state index < -0.39 is 5.60 Å². The van der Waals surface area contributed by atoms with E-state index in [0.29, 0.717) is 22.4 Å². The molecular formula is C11H11BrO3. The third-order valence-corrected chi connectivity index (χ3v) is 2.58. The molecule has 0 spiro atoms. The Morgan fingerprint density at radius 3 is 2.67 bits per heavy atom. The van der Waals surface area contributed by atoms with Crippen LogP contribution in [0.2, 0.25) is 0 Å². The summed E-state index contributed by atoms with van der Waals surface area (Å²) in [5.41, 5.74) is 0.258. The second kappa shape index (κ2) is 3.52. The number of cyclic esters (lactones) is 1. The lowest BCUT2D eigenvalue weighted by Crippen LogP contribution is -2.17. The van der Waals surface area contributed by atoms with Gasteiger partial charge in [-0.15, -0.1) is 0 Å². The van der Waals surface area contributed by atoms with Crippen molar-refractivity contribution in [1.82, 2.24) is 0 Å². The number of furan rings is 1. The number of halogens is 1. The molecule has 0 radical (unpaired) electrons. The summed E-state index contributed by atoms with van der Waals surface area (Å²) in [6.07, 6.45) is 2.34. The van der Waals surface area contributed by atoms with E-state index in [-0.39, 0.29) is 5.97 Å². The van der Waals surface area contributed by atoms with Crippen molar-refractivity contribution < 1.29 is 13.9 Å². The minimum absolute atomic E-state index is 0.257. The molecule has 0 aromatic carbocycles. The van der Waals surface area contributed by atoms with Crippen molar-refractivity contribution in [2.45, 2.75) is 25.9 Å². The number of hydrogen-bond acceptors (Lipinski definition) is 3. The summed E-state index contributed by atoms with van der Waals surface area (Å²) in [7, 11) is 0. The highest BCUT2D eigenvalue weighted by atomic mass is 79.9. The van der Waals surface area contributed by atoms with Crippen molar-refractivity contribution in [2.75, 3.05) is 0 Å². The molecule has 15 heavy (non-hydrogen) atoms. The molecule has 0 atom stereocenters. The zero-order valence-corrected chi connectivity index (χ0v) is 10.1. The Morgan fingerprint density at radius 1 is 1.47 bits per heavy atom. The van der Waals surface area contributed by atoms with Crippen molar-refractivity contribution in [3.8, 4) is 0 Å². The molecule has 3 nitrogen and oxygen atoms in total. The molecule has 2 rings (SSSR count). The topological polar surface area (TPSA) is 39.4 Å². The summed E-state index contributed by atoms with van der Waals surface area (Å²) < 4.78 is 11.1. The van der Waals surface area contributed by atoms with Crippen LogP contribution in [-0.2, 0) is 9.53 Å². The molecule has 0 amide bonds. The van der Waals surface area contributed by atoms with Gasteiger partial charge in [0.2, 0.25) is 0 Å². The van der Waals surface area contributed by atoms with Gasteiger partial charge >= 0.3 is 5.97 Å². The second-order valence-electron chi connectivity index (χ2n) is 4.14. The van der Waals surface area contributed by atoms with Gasteiger partial charge in [0.1, 0.15) is 11.4 Å². The van der Waals surface area contributed by atoms with Crippen molar-refractivity contribution in [3.05, 3.63) is 28.1 Å². The number of esters is 1. The average Bonchev–Trinajstić information content (AvgIpc) is 2.58. The minimum atomic E-state index is -0.396. The smallest absolute Gasteiger partial charge is 0.334 e. The van der Waals surface area contributed by atoms with Crippen LogP contribution in [0, 0.1) is 0 Å². The Labute approximate surface area is 96.2 Å². The van der Waals surface area contributed by atoms with Crippen LogP contribution in [0.1, 0.15) is 26.0 Å². The maximum Gasteiger partial charge on any atom is 0.334 e. The molecule has 0 bridgehead atoms. The van der Waals surface area contributed by atoms with Gasteiger partial charge < -0.3 is 9.15 Å². The third-order valence-electron chi connectivity index (χ3n) is 2.16. The Balaban J connectivity index is 2.25. The minimum Gasteiger partial charge on any atom is -0.456 e. The van der Waals surface area contributed by atoms with E-state index in [1.807, 2.05) is 13.8 Å². The zero-order chi connectivity index (χ0) is 11.1. The van der Waals surface area contributed by atoms with E-state index in [9.17, 15) is 4.79 Å². The standard InChI is InChI=1S/C11H11BrO3/c1-11(2)6-7(10(13)15-11)5-8-3-4-9(12)14-8/h3-5H,6H2,1-2H3/b7-5-. The summed E-state index contributed by atoms with van der Waals surface area (Å²) in [5.74, 6) is 0.402. The first-order valence-electron chi connectivity index (χ1n) is 4.65. The molecule has 1 fully saturated rings. The van der Waals surface area contributed by atoms with Gasteiger partial charge in [-0.3, -0.25) is 0 Å². The Kier molecular flexibility index (Phi) is 2.46. The van der Waals surface area contributed by atoms with Crippen LogP contribution < -0.4 is 0 Å². The monoisotopic (exact) mass is 270 g/mol. The predicted molar refractivity (Wildman–Crippen MR) is 59.2 cm³/mol. The van der Waals surface area contributed by atoms with Crippen molar-refractivity contribution in [1.29, 1.82) is 0 Å². The Bertz CT molecular complexity index is 429. The molecule has 1 aromatic heterocycles. The van der Waals surface area contributed by atoms with Crippen LogP contribution in [0.15, 0.2) is 26.8 Å². The number of rotatable bonds is 1. The van der Waals surface area contributed by atoms with E-state index in [4.69, 9.17) is 9.15 Å². The van der Waals surface area contributed by atoms with Gasteiger partial charge in [-0.2, -0.15) is 0 Å². The van der Waals surface area contributed by atoms with Gasteiger partial charge in [0, 0.05) is 12.0 Å². The first-order chi connectivity index (χ1) is 6.96. The van der Waals surface area contributed by atoms with Gasteiger partial charge in [-0.1, -0.05) is 0 Å². The van der Waals surface area contributed by atoms with Crippen LogP contribution in [0.25, 0.3) is 6.08 Å².